The third kappa shape index (κ3) is 2.54. The van der Waals surface area contributed by atoms with Crippen LogP contribution in [0.25, 0.3) is 0 Å². The molecule has 1 fully saturated rings. The number of nitrogens with one attached hydrogen (secondary N) is 1. The highest BCUT2D eigenvalue weighted by Crippen LogP contribution is 2.07. The first-order chi connectivity index (χ1) is 6.13. The lowest BCUT2D eigenvalue weighted by atomic mass is 10.2. The Hall–Kier alpha value is -1.39. The van der Waals surface area contributed by atoms with Crippen LogP contribution < -0.4 is 5.32 Å². The number of cyclic esters (lactones) is 2. The maximum Gasteiger partial charge on any atom is 0.336 e. The minimum absolute atomic E-state index is 0.0473. The van der Waals surface area contributed by atoms with Gasteiger partial charge in [0.25, 0.3) is 0 Å². The molecule has 1 rings (SSSR count). The molecule has 0 radical (unpaired) electrons. The second-order valence-corrected chi connectivity index (χ2v) is 2.87. The predicted molar refractivity (Wildman–Crippen MR) is 42.6 cm³/mol. The SMILES string of the molecule is CCCC(=O)NC1CC(=O)OC1=O. The molecule has 72 valence electrons. The van der Waals surface area contributed by atoms with E-state index in [1.165, 1.54) is 0 Å². The zero-order chi connectivity index (χ0) is 9.84. The van der Waals surface area contributed by atoms with Crippen LogP contribution in [0.2, 0.25) is 0 Å². The first-order valence-electron chi connectivity index (χ1n) is 4.17. The van der Waals surface area contributed by atoms with Crippen LogP contribution in [-0.2, 0) is 19.1 Å². The van der Waals surface area contributed by atoms with Crippen LogP contribution in [0.3, 0.4) is 0 Å². The first kappa shape index (κ1) is 9.70. The topological polar surface area (TPSA) is 72.5 Å². The summed E-state index contributed by atoms with van der Waals surface area (Å²) in [4.78, 5) is 32.5. The van der Waals surface area contributed by atoms with Crippen LogP contribution >= 0.6 is 0 Å². The lowest BCUT2D eigenvalue weighted by Crippen LogP contribution is -2.37. The van der Waals surface area contributed by atoms with E-state index in [9.17, 15) is 14.4 Å². The molecule has 1 aliphatic heterocycles. The van der Waals surface area contributed by atoms with Gasteiger partial charge >= 0.3 is 11.9 Å². The average molecular weight is 185 g/mol. The van der Waals surface area contributed by atoms with Crippen molar-refractivity contribution in [2.45, 2.75) is 32.2 Å². The summed E-state index contributed by atoms with van der Waals surface area (Å²) in [6.45, 7) is 1.86. The van der Waals surface area contributed by atoms with Crippen molar-refractivity contribution in [3.05, 3.63) is 0 Å². The Bertz CT molecular complexity index is 249. The fraction of sp³-hybridized carbons (Fsp3) is 0.625. The average Bonchev–Trinajstić information content (AvgIpc) is 2.30. The molecule has 0 aliphatic carbocycles. The minimum Gasteiger partial charge on any atom is -0.392 e. The zero-order valence-corrected chi connectivity index (χ0v) is 7.33. The molecule has 1 aliphatic rings. The molecule has 1 heterocycles. The lowest BCUT2D eigenvalue weighted by molar-refractivity contribution is -0.153. The van der Waals surface area contributed by atoms with Crippen molar-refractivity contribution >= 4 is 17.8 Å². The van der Waals surface area contributed by atoms with E-state index < -0.39 is 18.0 Å². The molecular formula is C8H11NO4. The van der Waals surface area contributed by atoms with Crippen molar-refractivity contribution < 1.29 is 19.1 Å². The van der Waals surface area contributed by atoms with Crippen LogP contribution in [0.5, 0.6) is 0 Å². The number of esters is 2. The first-order valence-corrected chi connectivity index (χ1v) is 4.17. The summed E-state index contributed by atoms with van der Waals surface area (Å²) in [7, 11) is 0. The highest BCUT2D eigenvalue weighted by Gasteiger charge is 2.34. The number of carbonyl (C=O) groups is 3. The van der Waals surface area contributed by atoms with Crippen molar-refractivity contribution in [3.63, 3.8) is 0 Å². The van der Waals surface area contributed by atoms with Gasteiger partial charge in [-0.05, 0) is 6.42 Å². The van der Waals surface area contributed by atoms with Crippen molar-refractivity contribution in [2.24, 2.45) is 0 Å². The van der Waals surface area contributed by atoms with Gasteiger partial charge in [-0.3, -0.25) is 9.59 Å². The molecule has 13 heavy (non-hydrogen) atoms. The van der Waals surface area contributed by atoms with E-state index in [-0.39, 0.29) is 12.3 Å². The third-order valence-corrected chi connectivity index (χ3v) is 1.68. The molecule has 1 atom stereocenters. The summed E-state index contributed by atoms with van der Waals surface area (Å²) < 4.78 is 4.26. The van der Waals surface area contributed by atoms with Crippen LogP contribution in [-0.4, -0.2) is 23.9 Å². The smallest absolute Gasteiger partial charge is 0.336 e. The summed E-state index contributed by atoms with van der Waals surface area (Å²) in [5.74, 6) is -1.46. The maximum absolute atomic E-state index is 11.0. The number of hydrogen-bond acceptors (Lipinski definition) is 4. The van der Waals surface area contributed by atoms with Crippen LogP contribution in [0.4, 0.5) is 0 Å². The zero-order valence-electron chi connectivity index (χ0n) is 7.33. The highest BCUT2D eigenvalue weighted by atomic mass is 16.6. The fourth-order valence-corrected chi connectivity index (χ4v) is 1.08. The molecule has 5 heteroatoms. The van der Waals surface area contributed by atoms with Crippen molar-refractivity contribution in [3.8, 4) is 0 Å². The van der Waals surface area contributed by atoms with Gasteiger partial charge in [0.15, 0.2) is 0 Å². The largest absolute Gasteiger partial charge is 0.392 e. The van der Waals surface area contributed by atoms with E-state index in [1.54, 1.807) is 0 Å². The molecule has 0 aromatic heterocycles. The standard InChI is InChI=1S/C8H11NO4/c1-2-3-6(10)9-5-4-7(11)13-8(5)12/h5H,2-4H2,1H3,(H,9,10). The molecule has 1 N–H and O–H groups in total. The van der Waals surface area contributed by atoms with Crippen molar-refractivity contribution in [2.75, 3.05) is 0 Å². The van der Waals surface area contributed by atoms with Gasteiger partial charge in [0.1, 0.15) is 6.04 Å². The molecule has 1 amide bonds. The quantitative estimate of drug-likeness (QED) is 0.486. The van der Waals surface area contributed by atoms with Gasteiger partial charge in [-0.25, -0.2) is 4.79 Å². The predicted octanol–water partition coefficient (Wildman–Crippen LogP) is -0.255. The summed E-state index contributed by atoms with van der Waals surface area (Å²) in [6.07, 6.45) is 1.02. The Balaban J connectivity index is 2.41. The lowest BCUT2D eigenvalue weighted by Gasteiger charge is -2.06. The molecule has 5 nitrogen and oxygen atoms in total. The van der Waals surface area contributed by atoms with E-state index >= 15 is 0 Å². The third-order valence-electron chi connectivity index (χ3n) is 1.68. The molecule has 1 unspecified atom stereocenters. The Kier molecular flexibility index (Phi) is 3.00. The van der Waals surface area contributed by atoms with Crippen LogP contribution in [0.1, 0.15) is 26.2 Å². The molecule has 1 saturated heterocycles. The van der Waals surface area contributed by atoms with Crippen molar-refractivity contribution in [1.82, 2.24) is 5.32 Å². The molecule has 0 spiro atoms. The van der Waals surface area contributed by atoms with E-state index in [2.05, 4.69) is 10.1 Å². The van der Waals surface area contributed by atoms with E-state index in [0.717, 1.165) is 0 Å². The van der Waals surface area contributed by atoms with Crippen LogP contribution in [0.15, 0.2) is 0 Å². The molecule has 0 bridgehead atoms. The summed E-state index contributed by atoms with van der Waals surface area (Å²) >= 11 is 0. The summed E-state index contributed by atoms with van der Waals surface area (Å²) in [5.41, 5.74) is 0. The Morgan fingerprint density at radius 1 is 1.62 bits per heavy atom. The molecular weight excluding hydrogens is 174 g/mol. The number of amides is 1. The number of rotatable bonds is 3. The van der Waals surface area contributed by atoms with E-state index in [1.807, 2.05) is 6.92 Å². The van der Waals surface area contributed by atoms with Gasteiger partial charge < -0.3 is 10.1 Å². The second-order valence-electron chi connectivity index (χ2n) is 2.87. The van der Waals surface area contributed by atoms with Gasteiger partial charge in [-0.1, -0.05) is 6.92 Å². The molecule has 0 aromatic rings. The number of ether oxygens (including phenoxy) is 1. The van der Waals surface area contributed by atoms with Crippen LogP contribution in [0, 0.1) is 0 Å². The highest BCUT2D eigenvalue weighted by molar-refractivity contribution is 5.98. The second kappa shape index (κ2) is 4.02. The van der Waals surface area contributed by atoms with Gasteiger partial charge in [-0.2, -0.15) is 0 Å². The fourth-order valence-electron chi connectivity index (χ4n) is 1.08. The van der Waals surface area contributed by atoms with E-state index in [4.69, 9.17) is 0 Å². The van der Waals surface area contributed by atoms with Crippen molar-refractivity contribution in [1.29, 1.82) is 0 Å². The summed E-state index contributed by atoms with van der Waals surface area (Å²) in [5, 5.41) is 2.43. The number of hydrogen-bond donors (Lipinski definition) is 1. The maximum atomic E-state index is 11.0. The Labute approximate surface area is 75.4 Å². The van der Waals surface area contributed by atoms with Gasteiger partial charge in [0, 0.05) is 6.42 Å². The Morgan fingerprint density at radius 2 is 2.31 bits per heavy atom. The molecule has 0 aromatic carbocycles. The van der Waals surface area contributed by atoms with Gasteiger partial charge in [0.05, 0.1) is 6.42 Å². The minimum atomic E-state index is -0.772. The monoisotopic (exact) mass is 185 g/mol. The van der Waals surface area contributed by atoms with Gasteiger partial charge in [-0.15, -0.1) is 0 Å². The number of carbonyl (C=O) groups excluding carboxylic acids is 3. The Morgan fingerprint density at radius 3 is 2.77 bits per heavy atom. The molecule has 0 saturated carbocycles. The summed E-state index contributed by atoms with van der Waals surface area (Å²) in [6, 6.07) is -0.772. The normalized spacial score (nSPS) is 21.5. The van der Waals surface area contributed by atoms with Gasteiger partial charge in [0.2, 0.25) is 5.91 Å². The van der Waals surface area contributed by atoms with E-state index in [0.29, 0.717) is 12.8 Å².